The fourth-order valence-corrected chi connectivity index (χ4v) is 2.62. The van der Waals surface area contributed by atoms with Crippen molar-refractivity contribution in [3.05, 3.63) is 0 Å². The van der Waals surface area contributed by atoms with Crippen LogP contribution in [-0.2, 0) is 32.8 Å². The summed E-state index contributed by atoms with van der Waals surface area (Å²) in [6.07, 6.45) is 1.09. The lowest BCUT2D eigenvalue weighted by molar-refractivity contribution is -0.0182. The van der Waals surface area contributed by atoms with Crippen LogP contribution in [0.4, 0.5) is 0 Å². The van der Waals surface area contributed by atoms with Gasteiger partial charge in [0.15, 0.2) is 8.32 Å². The van der Waals surface area contributed by atoms with Crippen LogP contribution in [0.2, 0.25) is 19.6 Å². The Morgan fingerprint density at radius 1 is 0.464 bits per heavy atom. The van der Waals surface area contributed by atoms with E-state index in [0.717, 1.165) is 13.0 Å². The molecule has 28 heavy (non-hydrogen) atoms. The SMILES string of the molecule is CC(C)CCOCCOCCOCCOCCOCCOCCO[Si](C)(C)C. The van der Waals surface area contributed by atoms with Crippen LogP contribution in [0.5, 0.6) is 0 Å². The van der Waals surface area contributed by atoms with Crippen molar-refractivity contribution in [1.29, 1.82) is 0 Å². The van der Waals surface area contributed by atoms with Gasteiger partial charge in [0.05, 0.1) is 79.3 Å². The number of ether oxygens (including phenoxy) is 6. The maximum atomic E-state index is 5.70. The molecule has 0 heterocycles. The van der Waals surface area contributed by atoms with Crippen LogP contribution in [-0.4, -0.2) is 94.2 Å². The molecule has 0 radical (unpaired) electrons. The van der Waals surface area contributed by atoms with Gasteiger partial charge >= 0.3 is 0 Å². The summed E-state index contributed by atoms with van der Waals surface area (Å²) in [7, 11) is -1.42. The van der Waals surface area contributed by atoms with E-state index in [9.17, 15) is 0 Å². The monoisotopic (exact) mass is 424 g/mol. The van der Waals surface area contributed by atoms with Crippen molar-refractivity contribution in [3.63, 3.8) is 0 Å². The zero-order valence-corrected chi connectivity index (χ0v) is 19.8. The van der Waals surface area contributed by atoms with Gasteiger partial charge < -0.3 is 32.8 Å². The van der Waals surface area contributed by atoms with Gasteiger partial charge in [-0.1, -0.05) is 13.8 Å². The van der Waals surface area contributed by atoms with Gasteiger partial charge in [0.2, 0.25) is 0 Å². The molecule has 0 atom stereocenters. The second kappa shape index (κ2) is 20.2. The Balaban J connectivity index is 3.03. The van der Waals surface area contributed by atoms with Crippen molar-refractivity contribution < 1.29 is 32.8 Å². The largest absolute Gasteiger partial charge is 0.415 e. The molecule has 7 nitrogen and oxygen atoms in total. The molecule has 0 saturated carbocycles. The summed E-state index contributed by atoms with van der Waals surface area (Å²) in [5.74, 6) is 0.683. The minimum absolute atomic E-state index is 0.562. The first kappa shape index (κ1) is 27.9. The molecular weight excluding hydrogens is 380 g/mol. The Hall–Kier alpha value is -0.0631. The molecule has 0 rings (SSSR count). The fourth-order valence-electron chi connectivity index (χ4n) is 1.93. The van der Waals surface area contributed by atoms with Crippen LogP contribution < -0.4 is 0 Å². The van der Waals surface area contributed by atoms with Crippen LogP contribution in [0, 0.1) is 5.92 Å². The number of rotatable bonds is 22. The van der Waals surface area contributed by atoms with Crippen molar-refractivity contribution in [2.75, 3.05) is 85.9 Å². The lowest BCUT2D eigenvalue weighted by atomic mass is 10.1. The summed E-state index contributed by atoms with van der Waals surface area (Å²) in [5, 5.41) is 0. The molecule has 0 aliphatic heterocycles. The first-order valence-electron chi connectivity index (χ1n) is 10.5. The highest BCUT2D eigenvalue weighted by Gasteiger charge is 2.12. The third-order valence-corrected chi connectivity index (χ3v) is 4.53. The molecule has 0 bridgehead atoms. The summed E-state index contributed by atoms with van der Waals surface area (Å²) in [6.45, 7) is 18.8. The summed E-state index contributed by atoms with van der Waals surface area (Å²) in [5.41, 5.74) is 0. The highest BCUT2D eigenvalue weighted by molar-refractivity contribution is 6.69. The quantitative estimate of drug-likeness (QED) is 0.195. The van der Waals surface area contributed by atoms with E-state index >= 15 is 0 Å². The first-order valence-corrected chi connectivity index (χ1v) is 13.9. The predicted molar refractivity (Wildman–Crippen MR) is 114 cm³/mol. The van der Waals surface area contributed by atoms with E-state index in [1.807, 2.05) is 0 Å². The van der Waals surface area contributed by atoms with Crippen LogP contribution in [0.3, 0.4) is 0 Å². The number of hydrogen-bond donors (Lipinski definition) is 0. The lowest BCUT2D eigenvalue weighted by Crippen LogP contribution is -2.27. The molecule has 0 N–H and O–H groups in total. The van der Waals surface area contributed by atoms with E-state index < -0.39 is 8.32 Å². The summed E-state index contributed by atoms with van der Waals surface area (Å²) >= 11 is 0. The molecule has 0 aliphatic carbocycles. The van der Waals surface area contributed by atoms with Crippen molar-refractivity contribution >= 4 is 8.32 Å². The van der Waals surface area contributed by atoms with E-state index in [1.54, 1.807) is 0 Å². The standard InChI is InChI=1S/C20H44O7Si/c1-20(2)6-7-21-8-9-22-10-11-23-12-13-24-14-15-25-16-17-26-18-19-27-28(3,4)5/h20H,6-19H2,1-5H3. The van der Waals surface area contributed by atoms with Crippen molar-refractivity contribution in [3.8, 4) is 0 Å². The average Bonchev–Trinajstić information content (AvgIpc) is 2.61. The van der Waals surface area contributed by atoms with E-state index in [2.05, 4.69) is 33.5 Å². The molecule has 170 valence electrons. The summed E-state index contributed by atoms with van der Waals surface area (Å²) in [6, 6.07) is 0. The molecule has 0 amide bonds. The van der Waals surface area contributed by atoms with Gasteiger partial charge in [-0.25, -0.2) is 0 Å². The van der Waals surface area contributed by atoms with Gasteiger partial charge in [-0.15, -0.1) is 0 Å². The van der Waals surface area contributed by atoms with Gasteiger partial charge in [0.25, 0.3) is 0 Å². The molecule has 0 unspecified atom stereocenters. The van der Waals surface area contributed by atoms with Crippen molar-refractivity contribution in [1.82, 2.24) is 0 Å². The maximum Gasteiger partial charge on any atom is 0.183 e. The minimum Gasteiger partial charge on any atom is -0.415 e. The highest BCUT2D eigenvalue weighted by atomic mass is 28.4. The molecule has 8 heteroatoms. The number of hydrogen-bond acceptors (Lipinski definition) is 7. The third-order valence-electron chi connectivity index (χ3n) is 3.46. The molecular formula is C20H44O7Si. The fraction of sp³-hybridized carbons (Fsp3) is 1.00. The smallest absolute Gasteiger partial charge is 0.183 e. The average molecular weight is 425 g/mol. The third kappa shape index (κ3) is 25.9. The molecule has 0 spiro atoms. The van der Waals surface area contributed by atoms with E-state index in [0.29, 0.717) is 85.2 Å². The molecule has 0 saturated heterocycles. The molecule has 0 aliphatic rings. The topological polar surface area (TPSA) is 64.6 Å². The van der Waals surface area contributed by atoms with Crippen LogP contribution >= 0.6 is 0 Å². The van der Waals surface area contributed by atoms with Crippen molar-refractivity contribution in [2.24, 2.45) is 5.92 Å². The van der Waals surface area contributed by atoms with Gasteiger partial charge in [-0.05, 0) is 32.0 Å². The van der Waals surface area contributed by atoms with Crippen LogP contribution in [0.1, 0.15) is 20.3 Å². The first-order chi connectivity index (χ1) is 13.4. The van der Waals surface area contributed by atoms with E-state index in [1.165, 1.54) is 0 Å². The zero-order chi connectivity index (χ0) is 20.9. The van der Waals surface area contributed by atoms with Gasteiger partial charge in [-0.2, -0.15) is 0 Å². The second-order valence-electron chi connectivity index (χ2n) is 7.82. The maximum absolute atomic E-state index is 5.70. The lowest BCUT2D eigenvalue weighted by Gasteiger charge is -2.16. The Kier molecular flexibility index (Phi) is 20.2. The van der Waals surface area contributed by atoms with E-state index in [-0.39, 0.29) is 0 Å². The van der Waals surface area contributed by atoms with Gasteiger partial charge in [-0.3, -0.25) is 0 Å². The second-order valence-corrected chi connectivity index (χ2v) is 12.3. The minimum atomic E-state index is -1.42. The van der Waals surface area contributed by atoms with Crippen LogP contribution in [0.25, 0.3) is 0 Å². The van der Waals surface area contributed by atoms with Crippen LogP contribution in [0.15, 0.2) is 0 Å². The zero-order valence-electron chi connectivity index (χ0n) is 18.8. The Morgan fingerprint density at radius 3 is 1.04 bits per heavy atom. The van der Waals surface area contributed by atoms with Crippen molar-refractivity contribution in [2.45, 2.75) is 39.9 Å². The summed E-state index contributed by atoms with van der Waals surface area (Å²) < 4.78 is 38.4. The Bertz CT molecular complexity index is 311. The molecule has 0 fully saturated rings. The summed E-state index contributed by atoms with van der Waals surface area (Å²) in [4.78, 5) is 0. The highest BCUT2D eigenvalue weighted by Crippen LogP contribution is 2.01. The predicted octanol–water partition coefficient (Wildman–Crippen LogP) is 2.98. The molecule has 0 aromatic rings. The molecule has 0 aromatic heterocycles. The normalized spacial score (nSPS) is 12.2. The van der Waals surface area contributed by atoms with Gasteiger partial charge in [0.1, 0.15) is 0 Å². The van der Waals surface area contributed by atoms with E-state index in [4.69, 9.17) is 32.8 Å². The van der Waals surface area contributed by atoms with Gasteiger partial charge in [0, 0.05) is 6.61 Å². The Labute approximate surface area is 173 Å². The molecule has 0 aromatic carbocycles. The Morgan fingerprint density at radius 2 is 0.750 bits per heavy atom.